The number of hydrogen-bond donors (Lipinski definition) is 10. The number of alkyl halides is 2. The molecule has 0 bridgehead atoms. The van der Waals surface area contributed by atoms with Crippen LogP contribution in [-0.4, -0.2) is 166 Å². The highest BCUT2D eigenvalue weighted by Crippen LogP contribution is 2.50. The topological polar surface area (TPSA) is 445 Å². The second-order valence-electron chi connectivity index (χ2n) is 19.8. The summed E-state index contributed by atoms with van der Waals surface area (Å²) in [5, 5.41) is 32.5. The molecule has 37 heteroatoms. The van der Waals surface area contributed by atoms with Crippen LogP contribution in [0.1, 0.15) is 67.8 Å². The largest absolute Gasteiger partial charge is 0.462 e. The molecule has 2 aliphatic rings. The summed E-state index contributed by atoms with van der Waals surface area (Å²) in [6.07, 6.45) is -7.05. The van der Waals surface area contributed by atoms with Crippen molar-refractivity contribution in [3.63, 3.8) is 0 Å². The van der Waals surface area contributed by atoms with Crippen LogP contribution in [0.15, 0.2) is 73.3 Å². The van der Waals surface area contributed by atoms with E-state index >= 15 is 8.78 Å². The van der Waals surface area contributed by atoms with Crippen LogP contribution in [0.4, 0.5) is 32.3 Å². The van der Waals surface area contributed by atoms with Crippen molar-refractivity contribution in [3.05, 3.63) is 73.3 Å². The predicted molar refractivity (Wildman–Crippen MR) is 301 cm³/mol. The van der Waals surface area contributed by atoms with Gasteiger partial charge >= 0.3 is 37.8 Å². The number of aliphatic hydroxyl groups is 2. The number of nitrogens with two attached hydrogens (primary N) is 2. The van der Waals surface area contributed by atoms with Gasteiger partial charge < -0.3 is 60.3 Å². The van der Waals surface area contributed by atoms with E-state index in [1.165, 1.54) is 35.6 Å². The summed E-state index contributed by atoms with van der Waals surface area (Å²) >= 11 is 0. The summed E-state index contributed by atoms with van der Waals surface area (Å²) in [7, 11) is -9.99. The van der Waals surface area contributed by atoms with Crippen molar-refractivity contribution in [1.29, 1.82) is 0 Å². The molecule has 32 nitrogen and oxygen atoms in total. The molecule has 468 valence electrons. The maximum Gasteiger partial charge on any atom is 0.459 e. The van der Waals surface area contributed by atoms with E-state index in [2.05, 4.69) is 50.7 Å². The molecule has 0 amide bonds. The highest BCUT2D eigenvalue weighted by molar-refractivity contribution is 7.79. The fourth-order valence-corrected chi connectivity index (χ4v) is 11.3. The molecule has 2 fully saturated rings. The lowest BCUT2D eigenvalue weighted by molar-refractivity contribution is -0.150. The van der Waals surface area contributed by atoms with Crippen LogP contribution in [0, 0.1) is 0 Å². The Morgan fingerprint density at radius 3 is 1.29 bits per heavy atom. The van der Waals surface area contributed by atoms with Gasteiger partial charge in [-0.1, -0.05) is 36.4 Å². The number of anilines is 4. The maximum atomic E-state index is 16.0. The molecule has 85 heavy (non-hydrogen) atoms. The van der Waals surface area contributed by atoms with Gasteiger partial charge in [-0.15, -0.1) is 0 Å². The number of esters is 2. The van der Waals surface area contributed by atoms with Crippen molar-refractivity contribution in [2.75, 3.05) is 49.4 Å². The van der Waals surface area contributed by atoms with Crippen LogP contribution >= 0.6 is 15.5 Å². The van der Waals surface area contributed by atoms with Crippen molar-refractivity contribution in [3.8, 4) is 11.5 Å². The molecule has 6 heterocycles. The molecule has 12 N–H and O–H groups in total. The van der Waals surface area contributed by atoms with Gasteiger partial charge in [-0.3, -0.25) is 36.9 Å². The number of para-hydroxylation sites is 2. The van der Waals surface area contributed by atoms with Gasteiger partial charge in [0.2, 0.25) is 11.9 Å². The standard InChI is InChI=1S/2C24H33FN7O7P.H2O4S/c2*1-13(2)37-21(34)14(3)31-40(35,39-15-9-7-6-8-10-15)36-11-16-18(33)24(4,25)22(38-16)32-12-28-17-19(27-5)29-23(26)30-20(17)32;1-5(2,3)4/h2*6-10,12-14,16,18,22,33H,11H2,1-5H3,(H,31,35)(H3,26,27,29,30);(H2,1,2,3,4)/t2*14-,16+,18+,22+,24+,40-;/m00./s1. The lowest BCUT2D eigenvalue weighted by Gasteiger charge is -2.25. The van der Waals surface area contributed by atoms with Crippen molar-refractivity contribution < 1.29 is 92.3 Å². The van der Waals surface area contributed by atoms with E-state index < -0.39 is 124 Å². The van der Waals surface area contributed by atoms with E-state index in [1.807, 2.05) is 0 Å². The van der Waals surface area contributed by atoms with E-state index in [1.54, 1.807) is 102 Å². The van der Waals surface area contributed by atoms with Gasteiger partial charge in [-0.05, 0) is 79.7 Å². The van der Waals surface area contributed by atoms with E-state index in [-0.39, 0.29) is 34.7 Å². The fraction of sp³-hybridized carbons (Fsp3) is 0.500. The predicted octanol–water partition coefficient (Wildman–Crippen LogP) is 4.49. The van der Waals surface area contributed by atoms with Crippen LogP contribution in [0.2, 0.25) is 0 Å². The minimum absolute atomic E-state index is 0.0761. The first-order valence-electron chi connectivity index (χ1n) is 25.7. The van der Waals surface area contributed by atoms with Crippen LogP contribution in [0.25, 0.3) is 22.3 Å². The molecule has 8 rings (SSSR count). The van der Waals surface area contributed by atoms with Gasteiger partial charge in [0.25, 0.3) is 0 Å². The molecule has 4 aromatic heterocycles. The maximum absolute atomic E-state index is 16.0. The number of nitrogen functional groups attached to an aromatic ring is 2. The molecule has 6 aromatic rings. The number of fused-ring (bicyclic) bond motifs is 2. The molecular weight excluding hydrogens is 1190 g/mol. The third-order valence-electron chi connectivity index (χ3n) is 12.2. The fourth-order valence-electron chi connectivity index (χ4n) is 8.27. The quantitative estimate of drug-likeness (QED) is 0.0254. The second-order valence-corrected chi connectivity index (χ2v) is 24.1. The number of benzene rings is 2. The van der Waals surface area contributed by atoms with Crippen LogP contribution in [0.3, 0.4) is 0 Å². The van der Waals surface area contributed by atoms with Crippen LogP contribution in [0.5, 0.6) is 11.5 Å². The highest BCUT2D eigenvalue weighted by atomic mass is 32.3. The molecule has 12 atom stereocenters. The zero-order valence-electron chi connectivity index (χ0n) is 47.4. The lowest BCUT2D eigenvalue weighted by atomic mass is 9.98. The first kappa shape index (κ1) is 67.3. The minimum Gasteiger partial charge on any atom is -0.462 e. The first-order valence-corrected chi connectivity index (χ1v) is 30.2. The van der Waals surface area contributed by atoms with E-state index in [9.17, 15) is 28.9 Å². The Labute approximate surface area is 485 Å². The van der Waals surface area contributed by atoms with Gasteiger partial charge in [0.05, 0.1) is 38.1 Å². The number of nitrogens with zero attached hydrogens (tertiary/aromatic N) is 8. The molecule has 2 aromatic carbocycles. The Kier molecular flexibility index (Phi) is 21.9. The van der Waals surface area contributed by atoms with Gasteiger partial charge in [0, 0.05) is 14.1 Å². The Balaban J connectivity index is 0.000000252. The first-order chi connectivity index (χ1) is 39.7. The third-order valence-corrected chi connectivity index (χ3v) is 15.4. The highest BCUT2D eigenvalue weighted by Gasteiger charge is 2.57. The van der Waals surface area contributed by atoms with Gasteiger partial charge in [-0.25, -0.2) is 27.9 Å². The average Bonchev–Trinajstić information content (AvgIpc) is 1.75. The average molecular weight is 1260 g/mol. The minimum atomic E-state index is -4.67. The normalized spacial score (nSPS) is 24.3. The number of aliphatic hydroxyl groups excluding tert-OH is 2. The summed E-state index contributed by atoms with van der Waals surface area (Å²) in [6.45, 7) is 10.7. The molecule has 0 spiro atoms. The third kappa shape index (κ3) is 17.2. The number of halogens is 2. The molecule has 0 aliphatic carbocycles. The molecule has 2 saturated heterocycles. The molecule has 2 aliphatic heterocycles. The summed E-state index contributed by atoms with van der Waals surface area (Å²) in [5.74, 6) is -0.486. The Hall–Kier alpha value is -6.85. The number of rotatable bonds is 22. The lowest BCUT2D eigenvalue weighted by Crippen LogP contribution is -2.41. The summed E-state index contributed by atoms with van der Waals surface area (Å²) in [4.78, 5) is 49.6. The van der Waals surface area contributed by atoms with Crippen molar-refractivity contribution in [2.24, 2.45) is 0 Å². The zero-order valence-corrected chi connectivity index (χ0v) is 50.0. The number of ether oxygens (including phenoxy) is 4. The Bertz CT molecular complexity index is 3250. The van der Waals surface area contributed by atoms with Crippen LogP contribution in [-0.2, 0) is 57.1 Å². The van der Waals surface area contributed by atoms with Crippen molar-refractivity contribution >= 4 is 83.7 Å². The number of aromatic nitrogens is 8. The van der Waals surface area contributed by atoms with Crippen molar-refractivity contribution in [2.45, 2.75) is 128 Å². The van der Waals surface area contributed by atoms with Crippen molar-refractivity contribution in [1.82, 2.24) is 49.2 Å². The smallest absolute Gasteiger partial charge is 0.459 e. The molecular formula is C48H68F2N14O18P2S. The number of hydrogen-bond acceptors (Lipinski definition) is 26. The van der Waals surface area contributed by atoms with Gasteiger partial charge in [-0.2, -0.15) is 38.5 Å². The summed E-state index contributed by atoms with van der Waals surface area (Å²) in [6, 6.07) is 14.1. The van der Waals surface area contributed by atoms with E-state index in [0.717, 1.165) is 13.8 Å². The number of carbonyl (C=O) groups is 2. The zero-order chi connectivity index (χ0) is 63.0. The Morgan fingerprint density at radius 1 is 0.659 bits per heavy atom. The molecule has 0 unspecified atom stereocenters. The summed E-state index contributed by atoms with van der Waals surface area (Å²) in [5.41, 5.74) is 7.89. The molecule has 0 saturated carbocycles. The van der Waals surface area contributed by atoms with Gasteiger partial charge in [0.1, 0.15) is 48.0 Å². The van der Waals surface area contributed by atoms with Crippen LogP contribution < -0.4 is 41.3 Å². The number of nitrogens with one attached hydrogen (secondary N) is 4. The second kappa shape index (κ2) is 27.7. The molecule has 0 radical (unpaired) electrons. The monoisotopic (exact) mass is 1260 g/mol. The summed E-state index contributed by atoms with van der Waals surface area (Å²) < 4.78 is 138. The van der Waals surface area contributed by atoms with E-state index in [0.29, 0.717) is 22.7 Å². The van der Waals surface area contributed by atoms with E-state index in [4.69, 9.17) is 66.0 Å². The SMILES string of the molecule is CNc1nc(N)nc2c1ncn2[C@@H]1O[C@H](CO[P@@](=O)(N[C@@H](C)C(=O)OC(C)C)Oc2ccccc2)[C@@H](O)[C@@]1(C)F.CNc1nc(N)nc2c1ncn2[C@@H]1O[C@H](CO[P@@](=O)(N[C@@H](C)C(=O)OC(C)C)Oc2ccccc2)[C@@H](O)[C@@]1(C)F.O=S(=O)(O)O. The van der Waals surface area contributed by atoms with Gasteiger partial charge in [0.15, 0.2) is 57.8 Å². The number of carbonyl (C=O) groups excluding carboxylic acids is 2. The number of imidazole rings is 2. The Morgan fingerprint density at radius 2 is 0.988 bits per heavy atom.